The standard InChI is InChI=1S/C29H32O6P/c1-17-14-20(29(3,4)5)15-18(2)23(17)28(31)36(32)27-22(34-7)16-21(33-6)24(26(27)35-8)25(30)19-12-10-9-11-13-19/h9-16H,1-8H3/q+1. The zero-order valence-corrected chi connectivity index (χ0v) is 22.9. The third kappa shape index (κ3) is 5.05. The summed E-state index contributed by atoms with van der Waals surface area (Å²) >= 11 is 0. The van der Waals surface area contributed by atoms with Crippen LogP contribution in [0.5, 0.6) is 17.2 Å². The lowest BCUT2D eigenvalue weighted by molar-refractivity contribution is 0.103. The highest BCUT2D eigenvalue weighted by atomic mass is 31.1. The number of ketones is 1. The van der Waals surface area contributed by atoms with Gasteiger partial charge in [-0.3, -0.25) is 4.79 Å². The van der Waals surface area contributed by atoms with Crippen molar-refractivity contribution in [1.82, 2.24) is 0 Å². The second kappa shape index (κ2) is 10.6. The summed E-state index contributed by atoms with van der Waals surface area (Å²) in [7, 11) is 1.47. The van der Waals surface area contributed by atoms with Crippen LogP contribution in [0.1, 0.15) is 63.7 Å². The Morgan fingerprint density at radius 1 is 0.778 bits per heavy atom. The molecule has 6 nitrogen and oxygen atoms in total. The van der Waals surface area contributed by atoms with Gasteiger partial charge >= 0.3 is 13.3 Å². The van der Waals surface area contributed by atoms with E-state index in [1.54, 1.807) is 30.3 Å². The van der Waals surface area contributed by atoms with Crippen molar-refractivity contribution < 1.29 is 28.4 Å². The number of benzene rings is 3. The molecule has 0 radical (unpaired) electrons. The summed E-state index contributed by atoms with van der Waals surface area (Å²) in [5, 5.41) is 0.0266. The molecule has 3 rings (SSSR count). The Labute approximate surface area is 213 Å². The van der Waals surface area contributed by atoms with Crippen molar-refractivity contribution in [3.63, 3.8) is 0 Å². The van der Waals surface area contributed by atoms with E-state index in [4.69, 9.17) is 14.2 Å². The molecule has 1 atom stereocenters. The Bertz CT molecular complexity index is 1310. The predicted molar refractivity (Wildman–Crippen MR) is 142 cm³/mol. The van der Waals surface area contributed by atoms with E-state index in [2.05, 4.69) is 20.8 Å². The molecule has 1 unspecified atom stereocenters. The second-order valence-corrected chi connectivity index (χ2v) is 11.0. The minimum atomic E-state index is -2.71. The van der Waals surface area contributed by atoms with Crippen LogP contribution in [0.3, 0.4) is 0 Å². The van der Waals surface area contributed by atoms with E-state index in [1.807, 2.05) is 26.0 Å². The molecule has 0 saturated carbocycles. The van der Waals surface area contributed by atoms with Gasteiger partial charge in [-0.25, -0.2) is 4.79 Å². The Morgan fingerprint density at radius 2 is 1.33 bits per heavy atom. The maximum atomic E-state index is 13.9. The van der Waals surface area contributed by atoms with Gasteiger partial charge in [0.1, 0.15) is 11.3 Å². The van der Waals surface area contributed by atoms with Crippen LogP contribution >= 0.6 is 7.80 Å². The molecule has 36 heavy (non-hydrogen) atoms. The summed E-state index contributed by atoms with van der Waals surface area (Å²) in [4.78, 5) is 27.2. The second-order valence-electron chi connectivity index (χ2n) is 9.57. The quantitative estimate of drug-likeness (QED) is 0.269. The number of rotatable bonds is 8. The first-order chi connectivity index (χ1) is 17.0. The van der Waals surface area contributed by atoms with Crippen LogP contribution in [0.2, 0.25) is 0 Å². The molecule has 0 fully saturated rings. The van der Waals surface area contributed by atoms with E-state index < -0.39 is 13.3 Å². The number of hydrogen-bond acceptors (Lipinski definition) is 6. The summed E-state index contributed by atoms with van der Waals surface area (Å²) in [6, 6.07) is 14.0. The van der Waals surface area contributed by atoms with Crippen molar-refractivity contribution in [3.8, 4) is 17.2 Å². The van der Waals surface area contributed by atoms with Crippen molar-refractivity contribution in [2.45, 2.75) is 40.0 Å². The molecule has 0 aliphatic rings. The fourth-order valence-electron chi connectivity index (χ4n) is 4.20. The average Bonchev–Trinajstić information content (AvgIpc) is 2.85. The van der Waals surface area contributed by atoms with Gasteiger partial charge in [-0.2, -0.15) is 0 Å². The van der Waals surface area contributed by atoms with Gasteiger partial charge in [0.05, 0.1) is 26.9 Å². The number of aryl methyl sites for hydroxylation is 2. The minimum Gasteiger partial charge on any atom is -0.496 e. The molecule has 0 aliphatic carbocycles. The smallest absolute Gasteiger partial charge is 0.466 e. The predicted octanol–water partition coefficient (Wildman–Crippen LogP) is 6.15. The topological polar surface area (TPSA) is 78.9 Å². The molecule has 0 N–H and O–H groups in total. The monoisotopic (exact) mass is 507 g/mol. The highest BCUT2D eigenvalue weighted by Crippen LogP contribution is 2.43. The first-order valence-electron chi connectivity index (χ1n) is 11.5. The Kier molecular flexibility index (Phi) is 8.00. The molecule has 0 saturated heterocycles. The van der Waals surface area contributed by atoms with E-state index >= 15 is 0 Å². The number of hydrogen-bond donors (Lipinski definition) is 0. The fourth-order valence-corrected chi connectivity index (χ4v) is 5.70. The van der Waals surface area contributed by atoms with Crippen molar-refractivity contribution in [1.29, 1.82) is 0 Å². The largest absolute Gasteiger partial charge is 0.496 e. The third-order valence-corrected chi connectivity index (χ3v) is 7.51. The lowest BCUT2D eigenvalue weighted by Gasteiger charge is -2.21. The van der Waals surface area contributed by atoms with Gasteiger partial charge in [-0.15, -0.1) is 0 Å². The maximum absolute atomic E-state index is 13.9. The summed E-state index contributed by atoms with van der Waals surface area (Å²) in [6.45, 7) is 9.97. The van der Waals surface area contributed by atoms with Gasteiger partial charge < -0.3 is 14.2 Å². The minimum absolute atomic E-state index is 0.00358. The molecule has 0 aromatic heterocycles. The Balaban J connectivity index is 2.23. The van der Waals surface area contributed by atoms with E-state index in [0.29, 0.717) is 11.1 Å². The van der Waals surface area contributed by atoms with E-state index in [1.165, 1.54) is 27.4 Å². The van der Waals surface area contributed by atoms with E-state index in [9.17, 15) is 14.2 Å². The molecule has 0 aliphatic heterocycles. The van der Waals surface area contributed by atoms with Crippen molar-refractivity contribution in [2.24, 2.45) is 0 Å². The van der Waals surface area contributed by atoms with Gasteiger partial charge in [0, 0.05) is 11.6 Å². The molecule has 188 valence electrons. The number of ether oxygens (including phenoxy) is 3. The summed E-state index contributed by atoms with van der Waals surface area (Å²) in [6.07, 6.45) is 0. The summed E-state index contributed by atoms with van der Waals surface area (Å²) in [5.74, 6) is -0.0505. The van der Waals surface area contributed by atoms with Gasteiger partial charge in [-0.05, 0) is 36.0 Å². The fraction of sp³-hybridized carbons (Fsp3) is 0.310. The van der Waals surface area contributed by atoms with Gasteiger partial charge in [0.2, 0.25) is 5.78 Å². The first-order valence-corrected chi connectivity index (χ1v) is 12.8. The van der Waals surface area contributed by atoms with Crippen LogP contribution in [0, 0.1) is 13.8 Å². The molecular formula is C29H32O6P+. The van der Waals surface area contributed by atoms with E-state index in [-0.39, 0.29) is 39.3 Å². The average molecular weight is 508 g/mol. The normalized spacial score (nSPS) is 11.6. The molecule has 0 bridgehead atoms. The molecule has 3 aromatic rings. The first kappa shape index (κ1) is 27.1. The maximum Gasteiger partial charge on any atom is 0.466 e. The SMILES string of the molecule is COc1cc(OC)c([P+](=O)C(=O)c2c(C)cc(C(C)(C)C)cc2C)c(OC)c1C(=O)c1ccccc1. The van der Waals surface area contributed by atoms with Gasteiger partial charge in [0.25, 0.3) is 5.30 Å². The molecule has 0 amide bonds. The highest BCUT2D eigenvalue weighted by Gasteiger charge is 2.44. The zero-order chi connectivity index (χ0) is 26.8. The third-order valence-electron chi connectivity index (χ3n) is 6.09. The van der Waals surface area contributed by atoms with Crippen LogP contribution in [0.15, 0.2) is 48.5 Å². The molecule has 3 aromatic carbocycles. The van der Waals surface area contributed by atoms with E-state index in [0.717, 1.165) is 16.7 Å². The molecule has 0 spiro atoms. The van der Waals surface area contributed by atoms with Crippen LogP contribution in [0.25, 0.3) is 0 Å². The number of carbonyl (C=O) groups is 2. The van der Waals surface area contributed by atoms with Crippen LogP contribution in [-0.4, -0.2) is 32.6 Å². The van der Waals surface area contributed by atoms with Crippen molar-refractivity contribution in [2.75, 3.05) is 21.3 Å². The summed E-state index contributed by atoms with van der Waals surface area (Å²) < 4.78 is 30.5. The lowest BCUT2D eigenvalue weighted by atomic mass is 9.84. The Morgan fingerprint density at radius 3 is 1.81 bits per heavy atom. The summed E-state index contributed by atoms with van der Waals surface area (Å²) in [5.41, 5.74) is 2.76. The van der Waals surface area contributed by atoms with Crippen LogP contribution in [-0.2, 0) is 9.98 Å². The lowest BCUT2D eigenvalue weighted by Crippen LogP contribution is -2.18. The van der Waals surface area contributed by atoms with Crippen LogP contribution < -0.4 is 19.5 Å². The highest BCUT2D eigenvalue weighted by molar-refractivity contribution is 7.72. The Hall–Kier alpha value is -3.50. The molecule has 0 heterocycles. The number of carbonyl (C=O) groups excluding carboxylic acids is 2. The van der Waals surface area contributed by atoms with Crippen molar-refractivity contribution in [3.05, 3.63) is 81.9 Å². The van der Waals surface area contributed by atoms with Gasteiger partial charge in [0.15, 0.2) is 11.5 Å². The van der Waals surface area contributed by atoms with Crippen molar-refractivity contribution >= 4 is 24.4 Å². The van der Waals surface area contributed by atoms with Crippen LogP contribution in [0.4, 0.5) is 0 Å². The number of methoxy groups -OCH3 is 3. The molecule has 7 heteroatoms. The van der Waals surface area contributed by atoms with Gasteiger partial charge in [-0.1, -0.05) is 67.8 Å². The zero-order valence-electron chi connectivity index (χ0n) is 22.0. The molecular weight excluding hydrogens is 475 g/mol.